The molecule has 2 amide bonds. The van der Waals surface area contributed by atoms with Crippen molar-refractivity contribution in [3.63, 3.8) is 0 Å². The molecule has 21 heavy (non-hydrogen) atoms. The van der Waals surface area contributed by atoms with Crippen LogP contribution in [-0.2, 0) is 11.3 Å². The Labute approximate surface area is 128 Å². The van der Waals surface area contributed by atoms with Crippen LogP contribution in [0.5, 0.6) is 0 Å². The van der Waals surface area contributed by atoms with Gasteiger partial charge in [-0.15, -0.1) is 11.3 Å². The van der Waals surface area contributed by atoms with Crippen molar-refractivity contribution >= 4 is 23.3 Å². The Kier molecular flexibility index (Phi) is 5.17. The number of carboxylic acid groups (broad SMARTS) is 1. The molecular weight excluding hydrogens is 290 g/mol. The minimum Gasteiger partial charge on any atom is -0.481 e. The van der Waals surface area contributed by atoms with Gasteiger partial charge in [0.1, 0.15) is 0 Å². The molecule has 0 aliphatic heterocycles. The molecule has 1 aliphatic carbocycles. The lowest BCUT2D eigenvalue weighted by molar-refractivity contribution is -0.142. The summed E-state index contributed by atoms with van der Waals surface area (Å²) in [6, 6.07) is -0.121. The highest BCUT2D eigenvalue weighted by molar-refractivity contribution is 7.11. The number of thiazole rings is 1. The number of amides is 2. The highest BCUT2D eigenvalue weighted by Crippen LogP contribution is 2.24. The number of rotatable bonds is 4. The number of carbonyl (C=O) groups is 2. The summed E-state index contributed by atoms with van der Waals surface area (Å²) in [6.45, 7) is 4.36. The van der Waals surface area contributed by atoms with Crippen LogP contribution in [-0.4, -0.2) is 28.1 Å². The maximum Gasteiger partial charge on any atom is 0.315 e. The molecule has 0 bridgehead atoms. The highest BCUT2D eigenvalue weighted by atomic mass is 32.1. The number of aliphatic carboxylic acids is 1. The van der Waals surface area contributed by atoms with Gasteiger partial charge in [0.2, 0.25) is 0 Å². The monoisotopic (exact) mass is 311 g/mol. The van der Waals surface area contributed by atoms with Crippen LogP contribution in [0, 0.1) is 19.8 Å². The first-order valence-electron chi connectivity index (χ1n) is 7.15. The van der Waals surface area contributed by atoms with Gasteiger partial charge in [-0.2, -0.15) is 0 Å². The number of carboxylic acids is 1. The van der Waals surface area contributed by atoms with Crippen LogP contribution in [0.3, 0.4) is 0 Å². The second kappa shape index (κ2) is 6.89. The molecule has 0 aromatic carbocycles. The van der Waals surface area contributed by atoms with E-state index < -0.39 is 5.97 Å². The zero-order valence-corrected chi connectivity index (χ0v) is 13.1. The van der Waals surface area contributed by atoms with Gasteiger partial charge in [0.05, 0.1) is 23.2 Å². The number of nitrogens with zero attached hydrogens (tertiary/aromatic N) is 1. The fourth-order valence-electron chi connectivity index (χ4n) is 2.62. The van der Waals surface area contributed by atoms with Crippen LogP contribution >= 0.6 is 11.3 Å². The Bertz CT molecular complexity index is 522. The number of urea groups is 1. The molecule has 1 aliphatic rings. The normalized spacial score (nSPS) is 21.8. The van der Waals surface area contributed by atoms with Crippen molar-refractivity contribution in [3.05, 3.63) is 15.6 Å². The smallest absolute Gasteiger partial charge is 0.315 e. The SMILES string of the molecule is Cc1nc(C)c(CNC(=O)NC2CCC(C(=O)O)CC2)s1. The number of carbonyl (C=O) groups excluding carboxylic acids is 1. The molecule has 1 aromatic heterocycles. The lowest BCUT2D eigenvalue weighted by Gasteiger charge is -2.26. The second-order valence-corrected chi connectivity index (χ2v) is 6.74. The van der Waals surface area contributed by atoms with Crippen LogP contribution in [0.25, 0.3) is 0 Å². The maximum absolute atomic E-state index is 11.9. The van der Waals surface area contributed by atoms with E-state index in [2.05, 4.69) is 15.6 Å². The Hall–Kier alpha value is -1.63. The fraction of sp³-hybridized carbons (Fsp3) is 0.643. The molecule has 3 N–H and O–H groups in total. The number of aromatic nitrogens is 1. The van der Waals surface area contributed by atoms with Crippen molar-refractivity contribution in [2.75, 3.05) is 0 Å². The molecule has 0 spiro atoms. The molecule has 0 saturated heterocycles. The number of aryl methyl sites for hydroxylation is 2. The summed E-state index contributed by atoms with van der Waals surface area (Å²) in [5.41, 5.74) is 0.958. The Balaban J connectivity index is 1.73. The lowest BCUT2D eigenvalue weighted by atomic mass is 9.86. The Morgan fingerprint density at radius 3 is 2.48 bits per heavy atom. The van der Waals surface area contributed by atoms with Gasteiger partial charge in [0.25, 0.3) is 0 Å². The van der Waals surface area contributed by atoms with Gasteiger partial charge in [0.15, 0.2) is 0 Å². The van der Waals surface area contributed by atoms with Crippen molar-refractivity contribution in [3.8, 4) is 0 Å². The van der Waals surface area contributed by atoms with Crippen molar-refractivity contribution < 1.29 is 14.7 Å². The first-order valence-corrected chi connectivity index (χ1v) is 7.97. The van der Waals surface area contributed by atoms with Crippen LogP contribution in [0.1, 0.15) is 41.3 Å². The van der Waals surface area contributed by atoms with Crippen molar-refractivity contribution in [2.24, 2.45) is 5.92 Å². The summed E-state index contributed by atoms with van der Waals surface area (Å²) in [5.74, 6) is -0.983. The molecule has 0 unspecified atom stereocenters. The molecule has 1 fully saturated rings. The minimum absolute atomic E-state index is 0.0740. The molecule has 2 rings (SSSR count). The summed E-state index contributed by atoms with van der Waals surface area (Å²) >= 11 is 1.59. The standard InChI is InChI=1S/C14H21N3O3S/c1-8-12(21-9(2)16-8)7-15-14(20)17-11-5-3-10(4-6-11)13(18)19/h10-11H,3-7H2,1-2H3,(H,18,19)(H2,15,17,20). The topological polar surface area (TPSA) is 91.3 Å². The van der Waals surface area contributed by atoms with Gasteiger partial charge in [-0.05, 0) is 39.5 Å². The predicted molar refractivity (Wildman–Crippen MR) is 80.3 cm³/mol. The van der Waals surface area contributed by atoms with Crippen LogP contribution in [0.4, 0.5) is 4.79 Å². The largest absolute Gasteiger partial charge is 0.481 e. The number of hydrogen-bond acceptors (Lipinski definition) is 4. The summed E-state index contributed by atoms with van der Waals surface area (Å²) in [7, 11) is 0. The molecule has 0 radical (unpaired) electrons. The van der Waals surface area contributed by atoms with Gasteiger partial charge in [-0.25, -0.2) is 9.78 Å². The molecule has 1 aromatic rings. The van der Waals surface area contributed by atoms with E-state index in [0.717, 1.165) is 28.4 Å². The molecule has 7 heteroatoms. The number of nitrogens with one attached hydrogen (secondary N) is 2. The van der Waals surface area contributed by atoms with E-state index in [1.807, 2.05) is 13.8 Å². The van der Waals surface area contributed by atoms with Crippen molar-refractivity contribution in [1.82, 2.24) is 15.6 Å². The average Bonchev–Trinajstić information content (AvgIpc) is 2.75. The van der Waals surface area contributed by atoms with E-state index in [-0.39, 0.29) is 18.0 Å². The van der Waals surface area contributed by atoms with E-state index in [1.165, 1.54) is 0 Å². The third kappa shape index (κ3) is 4.42. The van der Waals surface area contributed by atoms with Crippen LogP contribution in [0.2, 0.25) is 0 Å². The Morgan fingerprint density at radius 1 is 1.29 bits per heavy atom. The first-order chi connectivity index (χ1) is 9.95. The lowest BCUT2D eigenvalue weighted by Crippen LogP contribution is -2.43. The zero-order valence-electron chi connectivity index (χ0n) is 12.3. The third-order valence-corrected chi connectivity index (χ3v) is 4.89. The van der Waals surface area contributed by atoms with E-state index in [0.29, 0.717) is 19.4 Å². The van der Waals surface area contributed by atoms with Crippen LogP contribution < -0.4 is 10.6 Å². The molecule has 0 atom stereocenters. The highest BCUT2D eigenvalue weighted by Gasteiger charge is 2.26. The second-order valence-electron chi connectivity index (χ2n) is 5.46. The Morgan fingerprint density at radius 2 is 1.95 bits per heavy atom. The third-order valence-electron chi connectivity index (χ3n) is 3.82. The van der Waals surface area contributed by atoms with Gasteiger partial charge >= 0.3 is 12.0 Å². The van der Waals surface area contributed by atoms with Crippen molar-refractivity contribution in [2.45, 2.75) is 52.1 Å². The van der Waals surface area contributed by atoms with Gasteiger partial charge in [0, 0.05) is 10.9 Å². The maximum atomic E-state index is 11.9. The number of hydrogen-bond donors (Lipinski definition) is 3. The molecule has 1 heterocycles. The summed E-state index contributed by atoms with van der Waals surface area (Å²) in [4.78, 5) is 28.1. The quantitative estimate of drug-likeness (QED) is 0.795. The molecular formula is C14H21N3O3S. The fourth-order valence-corrected chi connectivity index (χ4v) is 3.50. The van der Waals surface area contributed by atoms with Crippen LogP contribution in [0.15, 0.2) is 0 Å². The molecule has 6 nitrogen and oxygen atoms in total. The molecule has 1 saturated carbocycles. The zero-order chi connectivity index (χ0) is 15.4. The van der Waals surface area contributed by atoms with Gasteiger partial charge < -0.3 is 15.7 Å². The predicted octanol–water partition coefficient (Wildman–Crippen LogP) is 2.20. The van der Waals surface area contributed by atoms with E-state index in [9.17, 15) is 9.59 Å². The van der Waals surface area contributed by atoms with E-state index in [4.69, 9.17) is 5.11 Å². The van der Waals surface area contributed by atoms with E-state index in [1.54, 1.807) is 11.3 Å². The summed E-state index contributed by atoms with van der Waals surface area (Å²) in [5, 5.41) is 15.7. The van der Waals surface area contributed by atoms with Gasteiger partial charge in [-0.3, -0.25) is 4.79 Å². The minimum atomic E-state index is -0.728. The average molecular weight is 311 g/mol. The molecule has 116 valence electrons. The van der Waals surface area contributed by atoms with Gasteiger partial charge in [-0.1, -0.05) is 0 Å². The van der Waals surface area contributed by atoms with E-state index >= 15 is 0 Å². The first kappa shape index (κ1) is 15.8. The summed E-state index contributed by atoms with van der Waals surface area (Å²) in [6.07, 6.45) is 2.72. The summed E-state index contributed by atoms with van der Waals surface area (Å²) < 4.78 is 0. The van der Waals surface area contributed by atoms with Crippen molar-refractivity contribution in [1.29, 1.82) is 0 Å².